The Balaban J connectivity index is 1.59. The van der Waals surface area contributed by atoms with Gasteiger partial charge in [-0.1, -0.05) is 36.5 Å². The summed E-state index contributed by atoms with van der Waals surface area (Å²) in [6.07, 6.45) is 4.09. The highest BCUT2D eigenvalue weighted by atomic mass is 32.1. The average Bonchev–Trinajstić information content (AvgIpc) is 3.22. The van der Waals surface area contributed by atoms with Gasteiger partial charge in [-0.05, 0) is 18.6 Å². The van der Waals surface area contributed by atoms with Crippen LogP contribution in [0.3, 0.4) is 0 Å². The zero-order valence-corrected chi connectivity index (χ0v) is 13.3. The van der Waals surface area contributed by atoms with Gasteiger partial charge in [0.15, 0.2) is 0 Å². The van der Waals surface area contributed by atoms with Gasteiger partial charge in [-0.15, -0.1) is 10.2 Å². The number of nitrogens with zero attached hydrogens (tertiary/aromatic N) is 5. The molecule has 0 spiro atoms. The van der Waals surface area contributed by atoms with E-state index in [1.54, 1.807) is 11.3 Å². The van der Waals surface area contributed by atoms with Crippen LogP contribution in [-0.4, -0.2) is 20.0 Å². The van der Waals surface area contributed by atoms with Gasteiger partial charge >= 0.3 is 0 Å². The smallest absolute Gasteiger partial charge is 0.208 e. The fourth-order valence-electron chi connectivity index (χ4n) is 2.76. The number of aromatic nitrogens is 4. The quantitative estimate of drug-likeness (QED) is 0.742. The van der Waals surface area contributed by atoms with Gasteiger partial charge in [-0.2, -0.15) is 5.10 Å². The lowest BCUT2D eigenvalue weighted by Gasteiger charge is -2.13. The summed E-state index contributed by atoms with van der Waals surface area (Å²) in [6.45, 7) is 3.87. The van der Waals surface area contributed by atoms with Crippen LogP contribution in [0.4, 0.5) is 5.13 Å². The van der Waals surface area contributed by atoms with Crippen LogP contribution in [-0.2, 0) is 19.5 Å². The average molecular weight is 311 g/mol. The minimum atomic E-state index is 0.838. The molecule has 5 nitrogen and oxygen atoms in total. The monoisotopic (exact) mass is 311 g/mol. The van der Waals surface area contributed by atoms with Gasteiger partial charge in [0.1, 0.15) is 5.01 Å². The second-order valence-electron chi connectivity index (χ2n) is 5.45. The zero-order valence-electron chi connectivity index (χ0n) is 12.4. The Hall–Kier alpha value is -2.21. The highest BCUT2D eigenvalue weighted by Crippen LogP contribution is 2.31. The van der Waals surface area contributed by atoms with Crippen LogP contribution >= 0.6 is 11.3 Å². The van der Waals surface area contributed by atoms with Gasteiger partial charge in [-0.25, -0.2) is 4.68 Å². The van der Waals surface area contributed by atoms with Crippen molar-refractivity contribution in [1.82, 2.24) is 20.0 Å². The van der Waals surface area contributed by atoms with E-state index in [9.17, 15) is 0 Å². The van der Waals surface area contributed by atoms with E-state index in [-0.39, 0.29) is 0 Å². The fourth-order valence-corrected chi connectivity index (χ4v) is 3.70. The summed E-state index contributed by atoms with van der Waals surface area (Å²) in [6, 6.07) is 10.3. The molecular formula is C16H17N5S. The molecule has 0 radical (unpaired) electrons. The molecule has 0 fully saturated rings. The van der Waals surface area contributed by atoms with Crippen LogP contribution in [0, 0.1) is 0 Å². The summed E-state index contributed by atoms with van der Waals surface area (Å²) in [5.41, 5.74) is 3.63. The number of aryl methyl sites for hydroxylation is 1. The standard InChI is InChI=1S/C16H17N5S/c1-2-6-15-18-19-16(22-15)20-10-12-9-17-21(14(12)11-20)13-7-4-3-5-8-13/h3-5,7-9H,2,6,10-11H2,1H3. The van der Waals surface area contributed by atoms with E-state index in [2.05, 4.69) is 39.3 Å². The number of fused-ring (bicyclic) bond motifs is 1. The van der Waals surface area contributed by atoms with Crippen LogP contribution in [0.5, 0.6) is 0 Å². The largest absolute Gasteiger partial charge is 0.336 e. The lowest BCUT2D eigenvalue weighted by molar-refractivity contribution is 0.769. The van der Waals surface area contributed by atoms with E-state index in [4.69, 9.17) is 0 Å². The van der Waals surface area contributed by atoms with Gasteiger partial charge in [0.25, 0.3) is 0 Å². The van der Waals surface area contributed by atoms with E-state index in [0.717, 1.165) is 41.8 Å². The molecule has 0 atom stereocenters. The van der Waals surface area contributed by atoms with Gasteiger partial charge in [-0.3, -0.25) is 0 Å². The molecule has 6 heteroatoms. The fraction of sp³-hybridized carbons (Fsp3) is 0.312. The third kappa shape index (κ3) is 2.29. The molecule has 3 aromatic rings. The molecule has 0 bridgehead atoms. The molecule has 1 aromatic carbocycles. The Morgan fingerprint density at radius 3 is 2.82 bits per heavy atom. The Bertz CT molecular complexity index is 777. The first-order chi connectivity index (χ1) is 10.8. The van der Waals surface area contributed by atoms with Crippen LogP contribution < -0.4 is 4.90 Å². The van der Waals surface area contributed by atoms with Crippen molar-refractivity contribution in [3.8, 4) is 5.69 Å². The highest BCUT2D eigenvalue weighted by Gasteiger charge is 2.26. The Kier molecular flexibility index (Phi) is 3.38. The Morgan fingerprint density at radius 2 is 2.00 bits per heavy atom. The normalized spacial score (nSPS) is 13.6. The second-order valence-corrected chi connectivity index (χ2v) is 6.49. The molecule has 0 amide bonds. The molecule has 0 saturated carbocycles. The molecule has 0 unspecified atom stereocenters. The molecule has 0 aliphatic carbocycles. The molecule has 0 N–H and O–H groups in total. The van der Waals surface area contributed by atoms with E-state index in [1.807, 2.05) is 29.1 Å². The second kappa shape index (κ2) is 5.53. The number of benzene rings is 1. The molecular weight excluding hydrogens is 294 g/mol. The van der Waals surface area contributed by atoms with Crippen molar-refractivity contribution in [1.29, 1.82) is 0 Å². The van der Waals surface area contributed by atoms with E-state index in [1.165, 1.54) is 11.3 Å². The number of hydrogen-bond donors (Lipinski definition) is 0. The first-order valence-corrected chi connectivity index (χ1v) is 8.35. The molecule has 3 heterocycles. The Morgan fingerprint density at radius 1 is 1.14 bits per heavy atom. The number of para-hydroxylation sites is 1. The summed E-state index contributed by atoms with van der Waals surface area (Å²) in [4.78, 5) is 2.28. The minimum Gasteiger partial charge on any atom is -0.336 e. The number of hydrogen-bond acceptors (Lipinski definition) is 5. The molecule has 22 heavy (non-hydrogen) atoms. The van der Waals surface area contributed by atoms with Gasteiger partial charge in [0, 0.05) is 18.5 Å². The number of rotatable bonds is 4. The number of anilines is 1. The van der Waals surface area contributed by atoms with Crippen molar-refractivity contribution < 1.29 is 0 Å². The predicted octanol–water partition coefficient (Wildman–Crippen LogP) is 3.20. The highest BCUT2D eigenvalue weighted by molar-refractivity contribution is 7.15. The SMILES string of the molecule is CCCc1nnc(N2Cc3cnn(-c4ccccc4)c3C2)s1. The maximum atomic E-state index is 4.53. The molecule has 1 aliphatic rings. The molecule has 1 aliphatic heterocycles. The maximum Gasteiger partial charge on any atom is 0.208 e. The van der Waals surface area contributed by atoms with Crippen molar-refractivity contribution in [2.45, 2.75) is 32.9 Å². The van der Waals surface area contributed by atoms with E-state index >= 15 is 0 Å². The van der Waals surface area contributed by atoms with E-state index in [0.29, 0.717) is 0 Å². The minimum absolute atomic E-state index is 0.838. The lowest BCUT2D eigenvalue weighted by atomic mass is 10.3. The van der Waals surface area contributed by atoms with Crippen LogP contribution in [0.15, 0.2) is 36.5 Å². The molecule has 4 rings (SSSR count). The summed E-state index contributed by atoms with van der Waals surface area (Å²) in [7, 11) is 0. The first-order valence-electron chi connectivity index (χ1n) is 7.53. The Labute approximate surface area is 133 Å². The third-order valence-electron chi connectivity index (χ3n) is 3.85. The van der Waals surface area contributed by atoms with Crippen LogP contribution in [0.2, 0.25) is 0 Å². The topological polar surface area (TPSA) is 46.8 Å². The van der Waals surface area contributed by atoms with Crippen molar-refractivity contribution in [3.63, 3.8) is 0 Å². The van der Waals surface area contributed by atoms with Gasteiger partial charge < -0.3 is 4.90 Å². The maximum absolute atomic E-state index is 4.53. The predicted molar refractivity (Wildman–Crippen MR) is 87.4 cm³/mol. The molecule has 2 aromatic heterocycles. The van der Waals surface area contributed by atoms with Gasteiger partial charge in [0.2, 0.25) is 5.13 Å². The van der Waals surface area contributed by atoms with E-state index < -0.39 is 0 Å². The summed E-state index contributed by atoms with van der Waals surface area (Å²) >= 11 is 1.70. The van der Waals surface area contributed by atoms with Crippen molar-refractivity contribution in [2.24, 2.45) is 0 Å². The first kappa shape index (κ1) is 13.5. The van der Waals surface area contributed by atoms with Crippen molar-refractivity contribution >= 4 is 16.5 Å². The lowest BCUT2D eigenvalue weighted by Crippen LogP contribution is -2.16. The molecule has 0 saturated heterocycles. The van der Waals surface area contributed by atoms with Crippen molar-refractivity contribution in [3.05, 3.63) is 52.8 Å². The molecule has 112 valence electrons. The summed E-state index contributed by atoms with van der Waals surface area (Å²) in [5.74, 6) is 0. The third-order valence-corrected chi connectivity index (χ3v) is 4.89. The zero-order chi connectivity index (χ0) is 14.9. The van der Waals surface area contributed by atoms with Crippen molar-refractivity contribution in [2.75, 3.05) is 4.90 Å². The van der Waals surface area contributed by atoms with Crippen LogP contribution in [0.25, 0.3) is 5.69 Å². The summed E-state index contributed by atoms with van der Waals surface area (Å²) in [5, 5.41) is 15.3. The van der Waals surface area contributed by atoms with Gasteiger partial charge in [0.05, 0.1) is 24.1 Å². The summed E-state index contributed by atoms with van der Waals surface area (Å²) < 4.78 is 2.03. The van der Waals surface area contributed by atoms with Crippen LogP contribution in [0.1, 0.15) is 29.6 Å².